The van der Waals surface area contributed by atoms with Gasteiger partial charge in [0.1, 0.15) is 5.82 Å². The fourth-order valence-corrected chi connectivity index (χ4v) is 4.28. The average molecular weight is 471 g/mol. The van der Waals surface area contributed by atoms with E-state index in [2.05, 4.69) is 25.2 Å². The Hall–Kier alpha value is -3.44. The molecule has 0 aliphatic carbocycles. The maximum atomic E-state index is 13.1. The van der Waals surface area contributed by atoms with Crippen LogP contribution in [-0.2, 0) is 9.53 Å². The van der Waals surface area contributed by atoms with Crippen molar-refractivity contribution in [2.75, 3.05) is 43.0 Å². The number of thiazole rings is 1. The number of halogens is 1. The molecule has 1 fully saturated rings. The predicted octanol–water partition coefficient (Wildman–Crippen LogP) is 2.75. The van der Waals surface area contributed by atoms with Crippen molar-refractivity contribution in [2.45, 2.75) is 13.0 Å². The third-order valence-corrected chi connectivity index (χ3v) is 5.93. The molecule has 11 heteroatoms. The molecule has 1 aliphatic rings. The molecule has 0 spiro atoms. The molecule has 3 heterocycles. The summed E-state index contributed by atoms with van der Waals surface area (Å²) in [6.07, 6.45) is 3.40. The Morgan fingerprint density at radius 2 is 1.85 bits per heavy atom. The third kappa shape index (κ3) is 5.49. The number of esters is 1. The fraction of sp³-hybridized carbons (Fsp3) is 0.318. The van der Waals surface area contributed by atoms with Crippen molar-refractivity contribution >= 4 is 34.3 Å². The van der Waals surface area contributed by atoms with Crippen molar-refractivity contribution < 1.29 is 18.7 Å². The van der Waals surface area contributed by atoms with Crippen LogP contribution in [0, 0.1) is 5.82 Å². The van der Waals surface area contributed by atoms with E-state index in [1.807, 2.05) is 4.90 Å². The molecule has 2 aromatic heterocycles. The minimum atomic E-state index is -0.684. The van der Waals surface area contributed by atoms with Crippen LogP contribution in [0.4, 0.5) is 15.5 Å². The highest BCUT2D eigenvalue weighted by Gasteiger charge is 2.34. The summed E-state index contributed by atoms with van der Waals surface area (Å²) in [5.41, 5.74) is 0.826. The van der Waals surface area contributed by atoms with E-state index < -0.39 is 17.8 Å². The maximum Gasteiger partial charge on any atom is 0.329 e. The van der Waals surface area contributed by atoms with Crippen LogP contribution in [0.15, 0.2) is 48.1 Å². The van der Waals surface area contributed by atoms with Crippen LogP contribution in [0.25, 0.3) is 0 Å². The molecule has 1 N–H and O–H groups in total. The Kier molecular flexibility index (Phi) is 7.20. The molecule has 0 bridgehead atoms. The van der Waals surface area contributed by atoms with Crippen molar-refractivity contribution in [2.24, 2.45) is 0 Å². The summed E-state index contributed by atoms with van der Waals surface area (Å²) in [6, 6.07) is 6.33. The number of carbonyl (C=O) groups excluding carboxylic acids is 2. The number of nitrogens with zero attached hydrogens (tertiary/aromatic N) is 5. The number of hydrogen-bond acceptors (Lipinski definition) is 9. The van der Waals surface area contributed by atoms with Crippen molar-refractivity contribution in [3.63, 3.8) is 0 Å². The summed E-state index contributed by atoms with van der Waals surface area (Å²) in [5, 5.41) is 4.80. The highest BCUT2D eigenvalue weighted by Crippen LogP contribution is 2.28. The Bertz CT molecular complexity index is 1090. The third-order valence-electron chi connectivity index (χ3n) is 5.15. The summed E-state index contributed by atoms with van der Waals surface area (Å²) in [6.45, 7) is 4.50. The summed E-state index contributed by atoms with van der Waals surface area (Å²) in [4.78, 5) is 42.4. The molecule has 3 aromatic rings. The topological polar surface area (TPSA) is 101 Å². The van der Waals surface area contributed by atoms with Gasteiger partial charge in [0, 0.05) is 49.5 Å². The number of aromatic nitrogens is 3. The van der Waals surface area contributed by atoms with Gasteiger partial charge in [-0.1, -0.05) is 0 Å². The molecular formula is C22H23FN6O3S. The van der Waals surface area contributed by atoms with E-state index in [1.165, 1.54) is 35.6 Å². The van der Waals surface area contributed by atoms with Crippen LogP contribution in [0.2, 0.25) is 0 Å². The molecular weight excluding hydrogens is 447 g/mol. The number of nitrogens with one attached hydrogen (secondary N) is 1. The first-order valence-electron chi connectivity index (χ1n) is 10.5. The Balaban J connectivity index is 1.46. The summed E-state index contributed by atoms with van der Waals surface area (Å²) >= 11 is 1.22. The largest absolute Gasteiger partial charge is 0.465 e. The van der Waals surface area contributed by atoms with E-state index in [-0.39, 0.29) is 12.6 Å². The number of anilines is 2. The first-order chi connectivity index (χ1) is 16.0. The molecule has 4 rings (SSSR count). The van der Waals surface area contributed by atoms with Crippen LogP contribution in [0.3, 0.4) is 0 Å². The highest BCUT2D eigenvalue weighted by atomic mass is 32.1. The number of benzene rings is 1. The number of ether oxygens (including phenoxy) is 1. The Labute approximate surface area is 194 Å². The van der Waals surface area contributed by atoms with Gasteiger partial charge in [-0.25, -0.2) is 24.1 Å². The van der Waals surface area contributed by atoms with Gasteiger partial charge in [-0.3, -0.25) is 15.0 Å². The quantitative estimate of drug-likeness (QED) is 0.526. The molecule has 1 aliphatic heterocycles. The van der Waals surface area contributed by atoms with Gasteiger partial charge in [-0.05, 0) is 37.3 Å². The Morgan fingerprint density at radius 1 is 1.15 bits per heavy atom. The van der Waals surface area contributed by atoms with Crippen LogP contribution < -0.4 is 10.2 Å². The lowest BCUT2D eigenvalue weighted by atomic mass is 10.1. The number of piperazine rings is 1. The van der Waals surface area contributed by atoms with E-state index in [4.69, 9.17) is 4.74 Å². The zero-order valence-corrected chi connectivity index (χ0v) is 18.8. The first-order valence-corrected chi connectivity index (χ1v) is 11.4. The smallest absolute Gasteiger partial charge is 0.329 e. The van der Waals surface area contributed by atoms with Crippen molar-refractivity contribution in [1.29, 1.82) is 0 Å². The van der Waals surface area contributed by atoms with Crippen molar-refractivity contribution in [1.82, 2.24) is 19.9 Å². The standard InChI is InChI=1S/C22H23FN6O3S/c1-2-32-20(31)18(28-10-12-29(13-11-28)21-24-8-3-9-25-21)17-14-33-22(26-17)27-19(30)15-4-6-16(23)7-5-15/h3-9,14,18H,2,10-13H2,1H3,(H,26,27,30). The van der Waals surface area contributed by atoms with Gasteiger partial charge in [0.05, 0.1) is 12.3 Å². The zero-order chi connectivity index (χ0) is 23.2. The van der Waals surface area contributed by atoms with Gasteiger partial charge < -0.3 is 9.64 Å². The minimum absolute atomic E-state index is 0.255. The normalized spacial score (nSPS) is 15.2. The van der Waals surface area contributed by atoms with E-state index in [0.29, 0.717) is 48.5 Å². The molecule has 33 heavy (non-hydrogen) atoms. The zero-order valence-electron chi connectivity index (χ0n) is 18.0. The first kappa shape index (κ1) is 22.7. The van der Waals surface area contributed by atoms with Crippen LogP contribution in [0.5, 0.6) is 0 Å². The van der Waals surface area contributed by atoms with Gasteiger partial charge in [-0.2, -0.15) is 0 Å². The van der Waals surface area contributed by atoms with E-state index in [0.717, 1.165) is 0 Å². The molecule has 0 radical (unpaired) electrons. The van der Waals surface area contributed by atoms with Crippen molar-refractivity contribution in [3.05, 3.63) is 65.2 Å². The van der Waals surface area contributed by atoms with E-state index in [1.54, 1.807) is 30.8 Å². The van der Waals surface area contributed by atoms with Gasteiger partial charge in [0.2, 0.25) is 5.95 Å². The lowest BCUT2D eigenvalue weighted by molar-refractivity contribution is -0.150. The lowest BCUT2D eigenvalue weighted by Crippen LogP contribution is -2.50. The van der Waals surface area contributed by atoms with Gasteiger partial charge in [-0.15, -0.1) is 11.3 Å². The van der Waals surface area contributed by atoms with Gasteiger partial charge >= 0.3 is 5.97 Å². The molecule has 1 aromatic carbocycles. The molecule has 9 nitrogen and oxygen atoms in total. The average Bonchev–Trinajstić information content (AvgIpc) is 3.28. The van der Waals surface area contributed by atoms with Crippen molar-refractivity contribution in [3.8, 4) is 0 Å². The molecule has 0 saturated carbocycles. The molecule has 172 valence electrons. The number of rotatable bonds is 7. The molecule has 1 saturated heterocycles. The predicted molar refractivity (Wildman–Crippen MR) is 122 cm³/mol. The van der Waals surface area contributed by atoms with Gasteiger partial charge in [0.25, 0.3) is 5.91 Å². The fourth-order valence-electron chi connectivity index (χ4n) is 3.55. The number of hydrogen-bond donors (Lipinski definition) is 1. The Morgan fingerprint density at radius 3 is 2.52 bits per heavy atom. The SMILES string of the molecule is CCOC(=O)C(c1csc(NC(=O)c2ccc(F)cc2)n1)N1CCN(c2ncccn2)CC1. The summed E-state index contributed by atoms with van der Waals surface area (Å²) in [7, 11) is 0. The second kappa shape index (κ2) is 10.5. The summed E-state index contributed by atoms with van der Waals surface area (Å²) < 4.78 is 18.4. The monoisotopic (exact) mass is 470 g/mol. The maximum absolute atomic E-state index is 13.1. The minimum Gasteiger partial charge on any atom is -0.465 e. The summed E-state index contributed by atoms with van der Waals surface area (Å²) in [5.74, 6) is -0.549. The second-order valence-corrected chi connectivity index (χ2v) is 8.12. The van der Waals surface area contributed by atoms with Gasteiger partial charge in [0.15, 0.2) is 11.2 Å². The van der Waals surface area contributed by atoms with Crippen LogP contribution >= 0.6 is 11.3 Å². The molecule has 1 amide bonds. The van der Waals surface area contributed by atoms with Crippen LogP contribution in [-0.4, -0.2) is 64.5 Å². The molecule has 1 atom stereocenters. The number of amides is 1. The highest BCUT2D eigenvalue weighted by molar-refractivity contribution is 7.14. The second-order valence-electron chi connectivity index (χ2n) is 7.26. The van der Waals surface area contributed by atoms with Crippen LogP contribution in [0.1, 0.15) is 29.0 Å². The molecule has 1 unspecified atom stereocenters. The van der Waals surface area contributed by atoms with E-state index >= 15 is 0 Å². The van der Waals surface area contributed by atoms with E-state index in [9.17, 15) is 14.0 Å². The number of carbonyl (C=O) groups is 2. The lowest BCUT2D eigenvalue weighted by Gasteiger charge is -2.37.